The standard InChI is InChI=1S/C26H24N4/c1-3-9-19(10-4-1)15-16-27-25(22-17-28-23-14-8-7-13-21(22)23)26-29-18-24(30-26)20-11-5-2-6-12-20/h1-14,17-18,25,27-28H,15-16H2,(H,29,30). The molecule has 5 aromatic rings. The van der Waals surface area contributed by atoms with Gasteiger partial charge in [0.15, 0.2) is 0 Å². The molecule has 0 aliphatic rings. The van der Waals surface area contributed by atoms with Crippen molar-refractivity contribution < 1.29 is 0 Å². The fourth-order valence-corrected chi connectivity index (χ4v) is 3.94. The van der Waals surface area contributed by atoms with Gasteiger partial charge in [-0.15, -0.1) is 0 Å². The van der Waals surface area contributed by atoms with E-state index in [1.807, 2.05) is 24.4 Å². The molecule has 3 aromatic carbocycles. The minimum Gasteiger partial charge on any atom is -0.361 e. The molecule has 2 aromatic heterocycles. The first kappa shape index (κ1) is 18.4. The SMILES string of the molecule is c1ccc(CCNC(c2ncc(-c3ccccc3)[nH]2)c2c[nH]c3ccccc23)cc1. The quantitative estimate of drug-likeness (QED) is 0.343. The topological polar surface area (TPSA) is 56.5 Å². The van der Waals surface area contributed by atoms with Crippen LogP contribution in [-0.2, 0) is 6.42 Å². The fourth-order valence-electron chi connectivity index (χ4n) is 3.94. The van der Waals surface area contributed by atoms with Gasteiger partial charge in [-0.2, -0.15) is 0 Å². The summed E-state index contributed by atoms with van der Waals surface area (Å²) in [5.74, 6) is 0.923. The number of para-hydroxylation sites is 1. The van der Waals surface area contributed by atoms with Crippen LogP contribution in [0.4, 0.5) is 0 Å². The van der Waals surface area contributed by atoms with E-state index < -0.39 is 0 Å². The molecule has 148 valence electrons. The molecular formula is C26H24N4. The number of fused-ring (bicyclic) bond motifs is 1. The molecule has 0 saturated carbocycles. The molecule has 4 heteroatoms. The van der Waals surface area contributed by atoms with Crippen LogP contribution in [0.25, 0.3) is 22.2 Å². The zero-order valence-electron chi connectivity index (χ0n) is 16.7. The molecule has 0 amide bonds. The van der Waals surface area contributed by atoms with Crippen molar-refractivity contribution in [2.75, 3.05) is 6.54 Å². The Balaban J connectivity index is 1.46. The first-order chi connectivity index (χ1) is 14.9. The molecular weight excluding hydrogens is 368 g/mol. The van der Waals surface area contributed by atoms with Gasteiger partial charge in [0, 0.05) is 29.2 Å². The third-order valence-electron chi connectivity index (χ3n) is 5.49. The highest BCUT2D eigenvalue weighted by molar-refractivity contribution is 5.84. The van der Waals surface area contributed by atoms with Gasteiger partial charge < -0.3 is 15.3 Å². The van der Waals surface area contributed by atoms with E-state index in [0.29, 0.717) is 0 Å². The van der Waals surface area contributed by atoms with Gasteiger partial charge in [0.2, 0.25) is 0 Å². The Hall–Kier alpha value is -3.63. The number of hydrogen-bond donors (Lipinski definition) is 3. The van der Waals surface area contributed by atoms with E-state index in [4.69, 9.17) is 4.98 Å². The van der Waals surface area contributed by atoms with Gasteiger partial charge in [-0.1, -0.05) is 78.9 Å². The summed E-state index contributed by atoms with van der Waals surface area (Å²) in [5.41, 5.74) is 5.83. The molecule has 0 saturated heterocycles. The van der Waals surface area contributed by atoms with E-state index >= 15 is 0 Å². The highest BCUT2D eigenvalue weighted by Gasteiger charge is 2.20. The number of nitrogens with one attached hydrogen (secondary N) is 3. The predicted octanol–water partition coefficient (Wildman–Crippen LogP) is 5.48. The first-order valence-electron chi connectivity index (χ1n) is 10.3. The maximum absolute atomic E-state index is 4.75. The van der Waals surface area contributed by atoms with Gasteiger partial charge in [-0.25, -0.2) is 4.98 Å². The maximum atomic E-state index is 4.75. The van der Waals surface area contributed by atoms with Crippen molar-refractivity contribution in [2.45, 2.75) is 12.5 Å². The van der Waals surface area contributed by atoms with E-state index in [1.54, 1.807) is 0 Å². The van der Waals surface area contributed by atoms with Crippen LogP contribution in [0.5, 0.6) is 0 Å². The van der Waals surface area contributed by atoms with Crippen molar-refractivity contribution in [3.8, 4) is 11.3 Å². The second-order valence-electron chi connectivity index (χ2n) is 7.46. The van der Waals surface area contributed by atoms with E-state index in [1.165, 1.54) is 16.5 Å². The summed E-state index contributed by atoms with van der Waals surface area (Å²) < 4.78 is 0. The van der Waals surface area contributed by atoms with E-state index in [-0.39, 0.29) is 6.04 Å². The molecule has 4 nitrogen and oxygen atoms in total. The number of aromatic nitrogens is 3. The van der Waals surface area contributed by atoms with Crippen molar-refractivity contribution >= 4 is 10.9 Å². The van der Waals surface area contributed by atoms with Crippen molar-refractivity contribution in [3.05, 3.63) is 114 Å². The molecule has 30 heavy (non-hydrogen) atoms. The Morgan fingerprint density at radius 1 is 0.833 bits per heavy atom. The molecule has 0 fully saturated rings. The molecule has 2 heterocycles. The molecule has 3 N–H and O–H groups in total. The second-order valence-corrected chi connectivity index (χ2v) is 7.46. The van der Waals surface area contributed by atoms with Crippen LogP contribution in [0.15, 0.2) is 97.3 Å². The molecule has 0 bridgehead atoms. The summed E-state index contributed by atoms with van der Waals surface area (Å²) in [6.45, 7) is 0.857. The Labute approximate surface area is 176 Å². The molecule has 0 radical (unpaired) electrons. The smallest absolute Gasteiger partial charge is 0.128 e. The summed E-state index contributed by atoms with van der Waals surface area (Å²) in [4.78, 5) is 11.7. The summed E-state index contributed by atoms with van der Waals surface area (Å²) >= 11 is 0. The third-order valence-corrected chi connectivity index (χ3v) is 5.49. The van der Waals surface area contributed by atoms with Crippen LogP contribution in [0, 0.1) is 0 Å². The highest BCUT2D eigenvalue weighted by atomic mass is 15.0. The van der Waals surface area contributed by atoms with E-state index in [0.717, 1.165) is 35.6 Å². The van der Waals surface area contributed by atoms with Gasteiger partial charge >= 0.3 is 0 Å². The van der Waals surface area contributed by atoms with Crippen LogP contribution < -0.4 is 5.32 Å². The Kier molecular flexibility index (Phi) is 5.15. The average molecular weight is 393 g/mol. The van der Waals surface area contributed by atoms with Crippen molar-refractivity contribution in [2.24, 2.45) is 0 Å². The number of benzene rings is 3. The molecule has 5 rings (SSSR count). The highest BCUT2D eigenvalue weighted by Crippen LogP contribution is 2.29. The fraction of sp³-hybridized carbons (Fsp3) is 0.115. The summed E-state index contributed by atoms with van der Waals surface area (Å²) in [5, 5.41) is 4.95. The van der Waals surface area contributed by atoms with Gasteiger partial charge in [-0.3, -0.25) is 0 Å². The van der Waals surface area contributed by atoms with E-state index in [2.05, 4.69) is 88.2 Å². The number of imidazole rings is 1. The first-order valence-corrected chi connectivity index (χ1v) is 10.3. The van der Waals surface area contributed by atoms with Gasteiger partial charge in [-0.05, 0) is 23.6 Å². The summed E-state index contributed by atoms with van der Waals surface area (Å²) in [6.07, 6.45) is 4.98. The van der Waals surface area contributed by atoms with Crippen molar-refractivity contribution in [3.63, 3.8) is 0 Å². The van der Waals surface area contributed by atoms with Crippen LogP contribution >= 0.6 is 0 Å². The van der Waals surface area contributed by atoms with Crippen LogP contribution in [0.2, 0.25) is 0 Å². The Bertz CT molecular complexity index is 1220. The third kappa shape index (κ3) is 3.78. The molecule has 1 atom stereocenters. The Morgan fingerprint density at radius 3 is 2.40 bits per heavy atom. The van der Waals surface area contributed by atoms with Gasteiger partial charge in [0.1, 0.15) is 5.82 Å². The van der Waals surface area contributed by atoms with Crippen LogP contribution in [0.3, 0.4) is 0 Å². The molecule has 0 aliphatic carbocycles. The minimum absolute atomic E-state index is 0.0256. The normalized spacial score (nSPS) is 12.3. The second kappa shape index (κ2) is 8.39. The average Bonchev–Trinajstić information content (AvgIpc) is 3.46. The minimum atomic E-state index is -0.0256. The molecule has 0 aliphatic heterocycles. The summed E-state index contributed by atoms with van der Waals surface area (Å²) in [6, 6.07) is 29.3. The van der Waals surface area contributed by atoms with Crippen molar-refractivity contribution in [1.29, 1.82) is 0 Å². The zero-order valence-corrected chi connectivity index (χ0v) is 16.7. The summed E-state index contributed by atoms with van der Waals surface area (Å²) in [7, 11) is 0. The Morgan fingerprint density at radius 2 is 1.57 bits per heavy atom. The van der Waals surface area contributed by atoms with Gasteiger partial charge in [0.05, 0.1) is 17.9 Å². The van der Waals surface area contributed by atoms with Crippen LogP contribution in [0.1, 0.15) is 23.0 Å². The lowest BCUT2D eigenvalue weighted by molar-refractivity contribution is 0.586. The lowest BCUT2D eigenvalue weighted by atomic mass is 10.0. The maximum Gasteiger partial charge on any atom is 0.128 e. The number of hydrogen-bond acceptors (Lipinski definition) is 2. The number of H-pyrrole nitrogens is 2. The van der Waals surface area contributed by atoms with Crippen molar-refractivity contribution in [1.82, 2.24) is 20.3 Å². The number of rotatable bonds is 7. The largest absolute Gasteiger partial charge is 0.361 e. The van der Waals surface area contributed by atoms with E-state index in [9.17, 15) is 0 Å². The molecule has 1 unspecified atom stereocenters. The van der Waals surface area contributed by atoms with Crippen LogP contribution in [-0.4, -0.2) is 21.5 Å². The lowest BCUT2D eigenvalue weighted by Crippen LogP contribution is -2.25. The molecule has 0 spiro atoms. The monoisotopic (exact) mass is 392 g/mol. The number of aromatic amines is 2. The van der Waals surface area contributed by atoms with Gasteiger partial charge in [0.25, 0.3) is 0 Å². The number of nitrogens with zero attached hydrogens (tertiary/aromatic N) is 1. The lowest BCUT2D eigenvalue weighted by Gasteiger charge is -2.17. The predicted molar refractivity (Wildman–Crippen MR) is 122 cm³/mol. The zero-order chi connectivity index (χ0) is 20.2.